The van der Waals surface area contributed by atoms with Crippen LogP contribution >= 0.6 is 0 Å². The highest BCUT2D eigenvalue weighted by Gasteiger charge is 2.24. The minimum atomic E-state index is -3.16. The average Bonchev–Trinajstić information content (AvgIpc) is 2.57. The highest BCUT2D eigenvalue weighted by atomic mass is 32.2. The van der Waals surface area contributed by atoms with E-state index in [1.807, 2.05) is 36.4 Å². The molecule has 0 radical (unpaired) electrons. The number of piperidine rings is 1. The molecule has 1 heterocycles. The van der Waals surface area contributed by atoms with Gasteiger partial charge in [-0.2, -0.15) is 4.31 Å². The van der Waals surface area contributed by atoms with Crippen LogP contribution in [-0.4, -0.2) is 32.1 Å². The molecule has 2 aromatic rings. The van der Waals surface area contributed by atoms with E-state index in [0.717, 1.165) is 24.0 Å². The van der Waals surface area contributed by atoms with Crippen molar-refractivity contribution in [3.05, 3.63) is 77.4 Å². The van der Waals surface area contributed by atoms with Crippen molar-refractivity contribution in [3.63, 3.8) is 0 Å². The third-order valence-electron chi connectivity index (χ3n) is 4.20. The molecule has 1 fully saturated rings. The van der Waals surface area contributed by atoms with Crippen molar-refractivity contribution in [2.75, 3.05) is 19.3 Å². The molecule has 0 spiro atoms. The Morgan fingerprint density at radius 2 is 1.43 bits per heavy atom. The maximum Gasteiger partial charge on any atom is 0.211 e. The Kier molecular flexibility index (Phi) is 4.64. The molecule has 0 aromatic heterocycles. The summed E-state index contributed by atoms with van der Waals surface area (Å²) in [7, 11) is -3.16. The summed E-state index contributed by atoms with van der Waals surface area (Å²) in [5.74, 6) is 0. The topological polar surface area (TPSA) is 37.4 Å². The Hall–Kier alpha value is -1.91. The summed E-state index contributed by atoms with van der Waals surface area (Å²) in [5, 5.41) is 0. The molecule has 2 aromatic carbocycles. The number of sulfonamides is 1. The van der Waals surface area contributed by atoms with Gasteiger partial charge >= 0.3 is 0 Å². The number of hydrogen-bond donors (Lipinski definition) is 0. The third kappa shape index (κ3) is 3.71. The Balaban J connectivity index is 2.11. The first-order valence-corrected chi connectivity index (χ1v) is 9.68. The van der Waals surface area contributed by atoms with Gasteiger partial charge < -0.3 is 0 Å². The van der Waals surface area contributed by atoms with Gasteiger partial charge in [-0.05, 0) is 35.1 Å². The van der Waals surface area contributed by atoms with Crippen molar-refractivity contribution < 1.29 is 8.42 Å². The first-order valence-electron chi connectivity index (χ1n) is 7.84. The van der Waals surface area contributed by atoms with Gasteiger partial charge in [-0.15, -0.1) is 0 Å². The van der Waals surface area contributed by atoms with Gasteiger partial charge in [0.15, 0.2) is 0 Å². The van der Waals surface area contributed by atoms with E-state index in [2.05, 4.69) is 24.3 Å². The number of hydrogen-bond acceptors (Lipinski definition) is 2. The van der Waals surface area contributed by atoms with E-state index >= 15 is 0 Å². The Bertz CT molecular complexity index is 754. The molecule has 3 rings (SSSR count). The van der Waals surface area contributed by atoms with Crippen LogP contribution in [0, 0.1) is 0 Å². The zero-order valence-corrected chi connectivity index (χ0v) is 14.1. The molecule has 0 atom stereocenters. The van der Waals surface area contributed by atoms with Crippen LogP contribution < -0.4 is 0 Å². The second kappa shape index (κ2) is 6.69. The highest BCUT2D eigenvalue weighted by molar-refractivity contribution is 7.88. The van der Waals surface area contributed by atoms with Gasteiger partial charge in [0.25, 0.3) is 0 Å². The van der Waals surface area contributed by atoms with Gasteiger partial charge in [0.1, 0.15) is 0 Å². The molecular formula is C19H21NO2S. The van der Waals surface area contributed by atoms with Crippen LogP contribution in [0.2, 0.25) is 0 Å². The molecule has 0 saturated carbocycles. The fourth-order valence-corrected chi connectivity index (χ4v) is 3.96. The fraction of sp³-hybridized carbons (Fsp3) is 0.263. The third-order valence-corrected chi connectivity index (χ3v) is 5.45. The minimum absolute atomic E-state index is 0.484. The Morgan fingerprint density at radius 3 is 1.91 bits per heavy atom. The first-order chi connectivity index (χ1) is 11.1. The van der Waals surface area contributed by atoms with E-state index in [1.165, 1.54) is 17.4 Å². The van der Waals surface area contributed by atoms with Gasteiger partial charge in [-0.1, -0.05) is 60.7 Å². The lowest BCUT2D eigenvalue weighted by atomic mass is 9.90. The van der Waals surface area contributed by atoms with Crippen LogP contribution in [0.15, 0.2) is 66.2 Å². The predicted octanol–water partition coefficient (Wildman–Crippen LogP) is 3.54. The molecule has 1 aliphatic heterocycles. The van der Waals surface area contributed by atoms with E-state index in [9.17, 15) is 8.42 Å². The van der Waals surface area contributed by atoms with Gasteiger partial charge in [0.05, 0.1) is 6.26 Å². The van der Waals surface area contributed by atoms with Crippen molar-refractivity contribution in [2.45, 2.75) is 12.8 Å². The van der Waals surface area contributed by atoms with Crippen LogP contribution in [0.25, 0.3) is 5.57 Å². The monoisotopic (exact) mass is 327 g/mol. The summed E-state index contributed by atoms with van der Waals surface area (Å²) in [6.45, 7) is 1.09. The minimum Gasteiger partial charge on any atom is -0.212 e. The molecule has 1 aliphatic rings. The van der Waals surface area contributed by atoms with Crippen LogP contribution in [0.1, 0.15) is 24.0 Å². The van der Waals surface area contributed by atoms with Crippen LogP contribution in [0.5, 0.6) is 0 Å². The summed E-state index contributed by atoms with van der Waals surface area (Å²) >= 11 is 0. The standard InChI is InChI=1S/C19H21NO2S/c1-23(21,22)20-14-8-13-18(15-20)19(16-9-4-2-5-10-16)17-11-6-3-7-12-17/h2-7,9-12H,8,13-15H2,1H3. The lowest BCUT2D eigenvalue weighted by molar-refractivity contribution is 0.399. The second-order valence-electron chi connectivity index (χ2n) is 5.91. The van der Waals surface area contributed by atoms with E-state index < -0.39 is 10.0 Å². The van der Waals surface area contributed by atoms with E-state index in [-0.39, 0.29) is 0 Å². The quantitative estimate of drug-likeness (QED) is 0.864. The summed E-state index contributed by atoms with van der Waals surface area (Å²) in [4.78, 5) is 0. The van der Waals surface area contributed by atoms with E-state index in [1.54, 1.807) is 4.31 Å². The molecule has 3 nitrogen and oxygen atoms in total. The van der Waals surface area contributed by atoms with Gasteiger partial charge in [0.2, 0.25) is 10.0 Å². The van der Waals surface area contributed by atoms with E-state index in [0.29, 0.717) is 13.1 Å². The highest BCUT2D eigenvalue weighted by Crippen LogP contribution is 2.32. The Labute approximate surface area is 138 Å². The van der Waals surface area contributed by atoms with Gasteiger partial charge in [-0.3, -0.25) is 0 Å². The summed E-state index contributed by atoms with van der Waals surface area (Å²) in [5.41, 5.74) is 4.65. The molecule has 0 aliphatic carbocycles. The lowest BCUT2D eigenvalue weighted by Gasteiger charge is -2.29. The van der Waals surface area contributed by atoms with Gasteiger partial charge in [-0.25, -0.2) is 8.42 Å². The smallest absolute Gasteiger partial charge is 0.211 e. The van der Waals surface area contributed by atoms with Crippen LogP contribution in [0.3, 0.4) is 0 Å². The lowest BCUT2D eigenvalue weighted by Crippen LogP contribution is -2.36. The predicted molar refractivity (Wildman–Crippen MR) is 94.6 cm³/mol. The molecule has 0 unspecified atom stereocenters. The average molecular weight is 327 g/mol. The maximum absolute atomic E-state index is 11.9. The zero-order chi connectivity index (χ0) is 16.3. The Morgan fingerprint density at radius 1 is 0.913 bits per heavy atom. The van der Waals surface area contributed by atoms with Crippen molar-refractivity contribution in [1.82, 2.24) is 4.31 Å². The normalized spacial score (nSPS) is 16.3. The number of nitrogens with zero attached hydrogens (tertiary/aromatic N) is 1. The van der Waals surface area contributed by atoms with E-state index in [4.69, 9.17) is 0 Å². The van der Waals surface area contributed by atoms with Crippen molar-refractivity contribution >= 4 is 15.6 Å². The number of rotatable bonds is 3. The number of benzene rings is 2. The molecule has 0 bridgehead atoms. The zero-order valence-electron chi connectivity index (χ0n) is 13.3. The summed E-state index contributed by atoms with van der Waals surface area (Å²) < 4.78 is 25.4. The van der Waals surface area contributed by atoms with Crippen molar-refractivity contribution in [3.8, 4) is 0 Å². The van der Waals surface area contributed by atoms with Gasteiger partial charge in [0, 0.05) is 13.1 Å². The SMILES string of the molecule is CS(=O)(=O)N1CCCC(=C(c2ccccc2)c2ccccc2)C1. The molecular weight excluding hydrogens is 306 g/mol. The second-order valence-corrected chi connectivity index (χ2v) is 7.89. The summed E-state index contributed by atoms with van der Waals surface area (Å²) in [6.07, 6.45) is 3.09. The maximum atomic E-state index is 11.9. The molecule has 23 heavy (non-hydrogen) atoms. The van der Waals surface area contributed by atoms with Crippen LogP contribution in [-0.2, 0) is 10.0 Å². The first kappa shape index (κ1) is 16.0. The molecule has 0 amide bonds. The summed E-state index contributed by atoms with van der Waals surface area (Å²) in [6, 6.07) is 20.5. The van der Waals surface area contributed by atoms with Crippen molar-refractivity contribution in [1.29, 1.82) is 0 Å². The fourth-order valence-electron chi connectivity index (χ4n) is 3.11. The molecule has 4 heteroatoms. The molecule has 0 N–H and O–H groups in total. The molecule has 120 valence electrons. The van der Waals surface area contributed by atoms with Crippen LogP contribution in [0.4, 0.5) is 0 Å². The largest absolute Gasteiger partial charge is 0.212 e. The van der Waals surface area contributed by atoms with Crippen molar-refractivity contribution in [2.24, 2.45) is 0 Å². The molecule has 1 saturated heterocycles.